The van der Waals surface area contributed by atoms with Gasteiger partial charge in [-0.1, -0.05) is 4.48 Å². The maximum absolute atomic E-state index is 14.0. The summed E-state index contributed by atoms with van der Waals surface area (Å²) < 4.78 is 81.7. The largest absolute Gasteiger partial charge is 0.705 e. The van der Waals surface area contributed by atoms with Gasteiger partial charge in [0.05, 0.1) is 12.6 Å². The Bertz CT molecular complexity index is 753. The Kier molecular flexibility index (Phi) is 8.54. The second-order valence-corrected chi connectivity index (χ2v) is 8.30. The van der Waals surface area contributed by atoms with E-state index in [1.807, 2.05) is 0 Å². The summed E-state index contributed by atoms with van der Waals surface area (Å²) in [6, 6.07) is -0.114. The van der Waals surface area contributed by atoms with Crippen molar-refractivity contribution in [1.29, 1.82) is 0 Å². The average Bonchev–Trinajstić information content (AvgIpc) is 2.58. The molecular weight excluding hydrogens is 425 g/mol. The smallest absolute Gasteiger partial charge is 0.455 e. The highest BCUT2D eigenvalue weighted by Crippen LogP contribution is 2.27. The number of rotatable bonds is 9. The zero-order valence-electron chi connectivity index (χ0n) is 15.7. The molecule has 0 radical (unpaired) electrons. The zero-order chi connectivity index (χ0) is 22.4. The van der Waals surface area contributed by atoms with E-state index in [0.29, 0.717) is 0 Å². The lowest BCUT2D eigenvalue weighted by Crippen LogP contribution is -2.49. The van der Waals surface area contributed by atoms with Gasteiger partial charge in [-0.3, -0.25) is 14.4 Å². The summed E-state index contributed by atoms with van der Waals surface area (Å²) in [7, 11) is -4.11. The normalized spacial score (nSPS) is 11.0. The summed E-state index contributed by atoms with van der Waals surface area (Å²) in [5.74, 6) is -10.6. The van der Waals surface area contributed by atoms with Crippen molar-refractivity contribution in [3.63, 3.8) is 0 Å². The van der Waals surface area contributed by atoms with Crippen LogP contribution in [0, 0.1) is 23.3 Å². The van der Waals surface area contributed by atoms with E-state index in [1.54, 1.807) is 0 Å². The molecule has 162 valence electrons. The molecule has 1 rings (SSSR count). The molecule has 0 aliphatic carbocycles. The van der Waals surface area contributed by atoms with Crippen LogP contribution in [0.5, 0.6) is 0 Å². The van der Waals surface area contributed by atoms with E-state index in [-0.39, 0.29) is 30.1 Å². The summed E-state index contributed by atoms with van der Waals surface area (Å²) in [5.41, 5.74) is -1.15. The molecule has 7 nitrogen and oxygen atoms in total. The Hall–Kier alpha value is -2.70. The van der Waals surface area contributed by atoms with Crippen molar-refractivity contribution in [2.75, 3.05) is 11.7 Å². The quantitative estimate of drug-likeness (QED) is 0.145. The Morgan fingerprint density at radius 2 is 1.34 bits per heavy atom. The number of unbranched alkanes of at least 4 members (excludes halogenated alkanes) is 1. The van der Waals surface area contributed by atoms with Crippen molar-refractivity contribution in [3.8, 4) is 0 Å². The van der Waals surface area contributed by atoms with Gasteiger partial charge in [0.15, 0.2) is 23.3 Å². The van der Waals surface area contributed by atoms with Crippen LogP contribution in [-0.2, 0) is 27.7 Å². The van der Waals surface area contributed by atoms with E-state index in [2.05, 4.69) is 0 Å². The Labute approximate surface area is 163 Å². The van der Waals surface area contributed by atoms with E-state index >= 15 is 0 Å². The average molecular weight is 443 g/mol. The first kappa shape index (κ1) is 24.3. The molecule has 0 N–H and O–H groups in total. The number of anilines is 1. The molecule has 0 aliphatic heterocycles. The third kappa shape index (κ3) is 7.00. The number of hydrogen-bond acceptors (Lipinski definition) is 7. The second kappa shape index (κ2) is 10.2. The number of halogens is 5. The summed E-state index contributed by atoms with van der Waals surface area (Å²) in [5, 5.41) is -0.340. The molecule has 29 heavy (non-hydrogen) atoms. The van der Waals surface area contributed by atoms with Crippen molar-refractivity contribution >= 4 is 32.4 Å². The Balaban J connectivity index is 2.83. The number of nitrogens with zero attached hydrogens (tertiary/aromatic N) is 1. The first-order valence-corrected chi connectivity index (χ1v) is 10.2. The highest BCUT2D eigenvalue weighted by molar-refractivity contribution is 6.65. The van der Waals surface area contributed by atoms with Crippen LogP contribution < -0.4 is 5.12 Å². The molecular formula is C16H18F5NO6Si. The third-order valence-corrected chi connectivity index (χ3v) is 6.09. The molecule has 0 heterocycles. The summed E-state index contributed by atoms with van der Waals surface area (Å²) in [6.45, 7) is 2.39. The van der Waals surface area contributed by atoms with Crippen LogP contribution in [0.1, 0.15) is 33.6 Å². The molecule has 0 saturated heterocycles. The minimum absolute atomic E-state index is 0.0474. The number of carbonyl (C=O) groups is 3. The number of hydrogen-bond donors (Lipinski definition) is 0. The van der Waals surface area contributed by atoms with Gasteiger partial charge in [-0.25, -0.2) is 22.7 Å². The van der Waals surface area contributed by atoms with Crippen LogP contribution in [0.2, 0.25) is 6.04 Å². The monoisotopic (exact) mass is 443 g/mol. The summed E-state index contributed by atoms with van der Waals surface area (Å²) in [6.07, 6.45) is -0.177. The van der Waals surface area contributed by atoms with Crippen LogP contribution in [0.25, 0.3) is 0 Å². The molecule has 0 aliphatic rings. The van der Waals surface area contributed by atoms with Gasteiger partial charge in [-0.2, -0.15) is 0 Å². The van der Waals surface area contributed by atoms with Crippen LogP contribution in [0.4, 0.5) is 27.7 Å². The van der Waals surface area contributed by atoms with Crippen molar-refractivity contribution in [2.24, 2.45) is 0 Å². The van der Waals surface area contributed by atoms with E-state index in [9.17, 15) is 36.4 Å². The lowest BCUT2D eigenvalue weighted by atomic mass is 10.2. The van der Waals surface area contributed by atoms with E-state index in [4.69, 9.17) is 13.3 Å². The van der Waals surface area contributed by atoms with Crippen molar-refractivity contribution in [2.45, 2.75) is 39.7 Å². The van der Waals surface area contributed by atoms with Crippen LogP contribution >= 0.6 is 0 Å². The molecule has 0 fully saturated rings. The molecule has 1 aromatic carbocycles. The van der Waals surface area contributed by atoms with E-state index in [0.717, 1.165) is 20.8 Å². The molecule has 0 amide bonds. The molecule has 0 bridgehead atoms. The predicted molar refractivity (Wildman–Crippen MR) is 89.8 cm³/mol. The van der Waals surface area contributed by atoms with Gasteiger partial charge in [0.25, 0.3) is 17.9 Å². The van der Waals surface area contributed by atoms with Gasteiger partial charge < -0.3 is 13.3 Å². The molecule has 0 spiro atoms. The van der Waals surface area contributed by atoms with Crippen molar-refractivity contribution in [3.05, 3.63) is 29.3 Å². The van der Waals surface area contributed by atoms with E-state index in [1.165, 1.54) is 0 Å². The maximum Gasteiger partial charge on any atom is 0.705 e. The molecule has 1 aromatic rings. The topological polar surface area (TPSA) is 82.1 Å². The lowest BCUT2D eigenvalue weighted by molar-refractivity contribution is -0.147. The third-order valence-electron chi connectivity index (χ3n) is 3.33. The molecule has 0 atom stereocenters. The lowest BCUT2D eigenvalue weighted by Gasteiger charge is -2.26. The predicted octanol–water partition coefficient (Wildman–Crippen LogP) is 3.34. The highest BCUT2D eigenvalue weighted by atomic mass is 28.4. The second-order valence-electron chi connectivity index (χ2n) is 5.83. The van der Waals surface area contributed by atoms with Crippen molar-refractivity contribution < 1.29 is 49.7 Å². The van der Waals surface area contributed by atoms with Gasteiger partial charge in [-0.15, -0.1) is 0 Å². The fourth-order valence-corrected chi connectivity index (χ4v) is 4.75. The van der Waals surface area contributed by atoms with Crippen LogP contribution in [0.15, 0.2) is 6.07 Å². The molecule has 0 saturated carbocycles. The van der Waals surface area contributed by atoms with Gasteiger partial charge >= 0.3 is 8.80 Å². The minimum atomic E-state index is -4.11. The fraction of sp³-hybridized carbons (Fsp3) is 0.438. The first-order chi connectivity index (χ1) is 13.4. The first-order valence-electron chi connectivity index (χ1n) is 8.23. The standard InChI is InChI=1S/C16H18F5NO6Si/c1-9(23)26-29(27-10(2)24,28-11(3)25)7-5-4-6-22(21)13-8-12(17)14(18)16(20)15(13)19/h8H,4-7H2,1-3H3. The van der Waals surface area contributed by atoms with Crippen molar-refractivity contribution in [1.82, 2.24) is 0 Å². The summed E-state index contributed by atoms with van der Waals surface area (Å²) >= 11 is 0. The van der Waals surface area contributed by atoms with Gasteiger partial charge in [0, 0.05) is 26.8 Å². The zero-order valence-corrected chi connectivity index (χ0v) is 16.7. The van der Waals surface area contributed by atoms with Crippen LogP contribution in [0.3, 0.4) is 0 Å². The molecule has 0 aromatic heterocycles. The fourth-order valence-electron chi connectivity index (χ4n) is 2.32. The number of benzene rings is 1. The van der Waals surface area contributed by atoms with Gasteiger partial charge in [0.2, 0.25) is 0 Å². The minimum Gasteiger partial charge on any atom is -0.455 e. The highest BCUT2D eigenvalue weighted by Gasteiger charge is 2.51. The Morgan fingerprint density at radius 1 is 0.862 bits per heavy atom. The maximum atomic E-state index is 14.0. The summed E-state index contributed by atoms with van der Waals surface area (Å²) in [4.78, 5) is 33.9. The number of carbonyl (C=O) groups excluding carboxylic acids is 3. The SMILES string of the molecule is CC(=O)O[Si](CCCCN(F)c1cc(F)c(F)c(F)c1F)(OC(C)=O)OC(C)=O. The van der Waals surface area contributed by atoms with Crippen LogP contribution in [-0.4, -0.2) is 33.3 Å². The van der Waals surface area contributed by atoms with E-state index < -0.39 is 62.2 Å². The van der Waals surface area contributed by atoms with Gasteiger partial charge in [0.1, 0.15) is 5.69 Å². The molecule has 0 unspecified atom stereocenters. The Morgan fingerprint density at radius 3 is 1.79 bits per heavy atom. The van der Waals surface area contributed by atoms with Gasteiger partial charge in [-0.05, 0) is 12.8 Å². The molecule has 13 heteroatoms.